The molecule has 1 atom stereocenters. The Morgan fingerprint density at radius 1 is 1.39 bits per heavy atom. The number of rotatable bonds is 8. The summed E-state index contributed by atoms with van der Waals surface area (Å²) in [6.07, 6.45) is 6.96. The standard InChI is InChI=1S/C16H29BN2O4/c1-15(2,20)16(3,4)23-17-13-11-18-19(12-13)8-10-22-14-7-5-6-9-21-14/h11-12,14,17,20H,5-10H2,1-4H3. The SMILES string of the molecule is CC(C)(O)C(C)(C)OBc1cnn(CCOC2CCCCO2)c1. The second kappa shape index (κ2) is 7.79. The van der Waals surface area contributed by atoms with Gasteiger partial charge < -0.3 is 19.2 Å². The average Bonchev–Trinajstić information content (AvgIpc) is 2.93. The van der Waals surface area contributed by atoms with E-state index in [4.69, 9.17) is 14.1 Å². The fraction of sp³-hybridized carbons (Fsp3) is 0.812. The average molecular weight is 324 g/mol. The second-order valence-electron chi connectivity index (χ2n) is 7.14. The van der Waals surface area contributed by atoms with Crippen molar-refractivity contribution in [3.8, 4) is 0 Å². The van der Waals surface area contributed by atoms with Gasteiger partial charge in [0.25, 0.3) is 0 Å². The summed E-state index contributed by atoms with van der Waals surface area (Å²) in [5.74, 6) is 0. The van der Waals surface area contributed by atoms with E-state index in [1.807, 2.05) is 24.7 Å². The van der Waals surface area contributed by atoms with Crippen molar-refractivity contribution in [2.45, 2.75) is 71.0 Å². The van der Waals surface area contributed by atoms with Crippen LogP contribution in [0.5, 0.6) is 0 Å². The molecule has 1 saturated heterocycles. The molecule has 0 bridgehead atoms. The van der Waals surface area contributed by atoms with Crippen LogP contribution in [0, 0.1) is 0 Å². The summed E-state index contributed by atoms with van der Waals surface area (Å²) in [4.78, 5) is 0. The first kappa shape index (κ1) is 18.5. The molecule has 130 valence electrons. The van der Waals surface area contributed by atoms with Crippen LogP contribution in [0.2, 0.25) is 0 Å². The molecule has 1 aromatic heterocycles. The number of nitrogens with zero attached hydrogens (tertiary/aromatic N) is 2. The minimum atomic E-state index is -0.906. The van der Waals surface area contributed by atoms with Crippen LogP contribution in [0.15, 0.2) is 12.4 Å². The minimum absolute atomic E-state index is 0.0605. The molecular formula is C16H29BN2O4. The van der Waals surface area contributed by atoms with Gasteiger partial charge in [-0.3, -0.25) is 4.68 Å². The van der Waals surface area contributed by atoms with Gasteiger partial charge in [-0.15, -0.1) is 0 Å². The highest BCUT2D eigenvalue weighted by Gasteiger charge is 2.35. The van der Waals surface area contributed by atoms with Crippen LogP contribution in [-0.2, 0) is 20.7 Å². The highest BCUT2D eigenvalue weighted by Crippen LogP contribution is 2.24. The summed E-state index contributed by atoms with van der Waals surface area (Å²) >= 11 is 0. The summed E-state index contributed by atoms with van der Waals surface area (Å²) in [5, 5.41) is 14.4. The van der Waals surface area contributed by atoms with E-state index in [0.717, 1.165) is 24.9 Å². The fourth-order valence-electron chi connectivity index (χ4n) is 2.16. The molecule has 1 unspecified atom stereocenters. The summed E-state index contributed by atoms with van der Waals surface area (Å²) in [6.45, 7) is 9.34. The van der Waals surface area contributed by atoms with Gasteiger partial charge in [-0.05, 0) is 52.4 Å². The van der Waals surface area contributed by atoms with Crippen molar-refractivity contribution in [3.63, 3.8) is 0 Å². The van der Waals surface area contributed by atoms with E-state index in [2.05, 4.69) is 5.10 Å². The van der Waals surface area contributed by atoms with E-state index in [9.17, 15) is 5.11 Å². The van der Waals surface area contributed by atoms with Gasteiger partial charge in [-0.2, -0.15) is 5.10 Å². The summed E-state index contributed by atoms with van der Waals surface area (Å²) in [6, 6.07) is 0. The highest BCUT2D eigenvalue weighted by molar-refractivity contribution is 6.46. The molecule has 23 heavy (non-hydrogen) atoms. The smallest absolute Gasteiger partial charge is 0.312 e. The van der Waals surface area contributed by atoms with Gasteiger partial charge >= 0.3 is 7.48 Å². The lowest BCUT2D eigenvalue weighted by Crippen LogP contribution is -2.49. The number of hydrogen-bond acceptors (Lipinski definition) is 5. The molecule has 7 heteroatoms. The van der Waals surface area contributed by atoms with Gasteiger partial charge in [0, 0.05) is 19.0 Å². The Morgan fingerprint density at radius 3 is 2.83 bits per heavy atom. The molecule has 1 aromatic rings. The van der Waals surface area contributed by atoms with Crippen LogP contribution in [0.3, 0.4) is 0 Å². The lowest BCUT2D eigenvalue weighted by Gasteiger charge is -2.37. The Bertz CT molecular complexity index is 479. The minimum Gasteiger partial charge on any atom is -0.427 e. The first-order valence-corrected chi connectivity index (χ1v) is 8.39. The van der Waals surface area contributed by atoms with E-state index in [1.165, 1.54) is 6.42 Å². The highest BCUT2D eigenvalue weighted by atomic mass is 16.7. The molecule has 2 heterocycles. The molecule has 0 saturated carbocycles. The Hall–Kier alpha value is -0.885. The van der Waals surface area contributed by atoms with Crippen molar-refractivity contribution in [2.75, 3.05) is 13.2 Å². The Kier molecular flexibility index (Phi) is 6.25. The van der Waals surface area contributed by atoms with Gasteiger partial charge in [0.15, 0.2) is 6.29 Å². The van der Waals surface area contributed by atoms with Crippen molar-refractivity contribution in [1.29, 1.82) is 0 Å². The number of aromatic nitrogens is 2. The van der Waals surface area contributed by atoms with Crippen LogP contribution < -0.4 is 5.46 Å². The monoisotopic (exact) mass is 324 g/mol. The van der Waals surface area contributed by atoms with Crippen LogP contribution in [0.1, 0.15) is 47.0 Å². The van der Waals surface area contributed by atoms with Crippen molar-refractivity contribution < 1.29 is 19.2 Å². The maximum absolute atomic E-state index is 10.1. The summed E-state index contributed by atoms with van der Waals surface area (Å²) < 4.78 is 18.9. The van der Waals surface area contributed by atoms with Gasteiger partial charge in [-0.25, -0.2) is 0 Å². The van der Waals surface area contributed by atoms with Crippen molar-refractivity contribution in [2.24, 2.45) is 0 Å². The molecule has 1 aliphatic heterocycles. The van der Waals surface area contributed by atoms with Gasteiger partial charge in [-0.1, -0.05) is 0 Å². The van der Waals surface area contributed by atoms with Crippen LogP contribution in [0.4, 0.5) is 0 Å². The van der Waals surface area contributed by atoms with E-state index in [-0.39, 0.29) is 6.29 Å². The van der Waals surface area contributed by atoms with Gasteiger partial charge in [0.05, 0.1) is 24.4 Å². The molecule has 0 amide bonds. The molecule has 0 radical (unpaired) electrons. The first-order chi connectivity index (χ1) is 10.8. The van der Waals surface area contributed by atoms with E-state index >= 15 is 0 Å². The quantitative estimate of drug-likeness (QED) is 0.722. The van der Waals surface area contributed by atoms with E-state index in [1.54, 1.807) is 20.0 Å². The van der Waals surface area contributed by atoms with E-state index in [0.29, 0.717) is 20.6 Å². The zero-order valence-electron chi connectivity index (χ0n) is 14.7. The Balaban J connectivity index is 1.72. The van der Waals surface area contributed by atoms with Crippen molar-refractivity contribution in [3.05, 3.63) is 12.4 Å². The predicted octanol–water partition coefficient (Wildman–Crippen LogP) is 0.969. The Morgan fingerprint density at radius 2 is 2.17 bits per heavy atom. The first-order valence-electron chi connectivity index (χ1n) is 8.39. The third-order valence-corrected chi connectivity index (χ3v) is 4.52. The number of aliphatic hydroxyl groups is 1. The molecule has 0 aromatic carbocycles. The number of ether oxygens (including phenoxy) is 2. The fourth-order valence-corrected chi connectivity index (χ4v) is 2.16. The van der Waals surface area contributed by atoms with Crippen LogP contribution in [0.25, 0.3) is 0 Å². The van der Waals surface area contributed by atoms with Gasteiger partial charge in [0.2, 0.25) is 0 Å². The summed E-state index contributed by atoms with van der Waals surface area (Å²) in [5.41, 5.74) is -0.552. The lowest BCUT2D eigenvalue weighted by molar-refractivity contribution is -0.163. The number of hydrogen-bond donors (Lipinski definition) is 1. The largest absolute Gasteiger partial charge is 0.427 e. The zero-order valence-corrected chi connectivity index (χ0v) is 14.7. The zero-order chi connectivity index (χ0) is 16.9. The predicted molar refractivity (Wildman–Crippen MR) is 90.0 cm³/mol. The molecule has 1 aliphatic rings. The second-order valence-corrected chi connectivity index (χ2v) is 7.14. The molecule has 0 spiro atoms. The molecule has 1 fully saturated rings. The Labute approximate surface area is 139 Å². The third-order valence-electron chi connectivity index (χ3n) is 4.52. The van der Waals surface area contributed by atoms with Gasteiger partial charge in [0.1, 0.15) is 0 Å². The normalized spacial score (nSPS) is 19.8. The van der Waals surface area contributed by atoms with Crippen LogP contribution >= 0.6 is 0 Å². The molecule has 0 aliphatic carbocycles. The summed E-state index contributed by atoms with van der Waals surface area (Å²) in [7, 11) is 0.420. The van der Waals surface area contributed by atoms with Crippen LogP contribution in [-0.4, -0.2) is 53.1 Å². The topological polar surface area (TPSA) is 65.7 Å². The van der Waals surface area contributed by atoms with Crippen molar-refractivity contribution in [1.82, 2.24) is 9.78 Å². The molecule has 1 N–H and O–H groups in total. The van der Waals surface area contributed by atoms with E-state index < -0.39 is 11.2 Å². The third kappa shape index (κ3) is 5.60. The lowest BCUT2D eigenvalue weighted by atomic mass is 9.84. The maximum atomic E-state index is 10.1. The molecule has 2 rings (SSSR count). The molecule has 6 nitrogen and oxygen atoms in total. The van der Waals surface area contributed by atoms with Crippen molar-refractivity contribution >= 4 is 12.9 Å². The maximum Gasteiger partial charge on any atom is 0.312 e. The molecular weight excluding hydrogens is 295 g/mol.